The topological polar surface area (TPSA) is 105 Å². The van der Waals surface area contributed by atoms with Crippen LogP contribution >= 0.6 is 0 Å². The normalized spacial score (nSPS) is 17.4. The van der Waals surface area contributed by atoms with E-state index in [0.29, 0.717) is 36.6 Å². The molecule has 41 heavy (non-hydrogen) atoms. The zero-order chi connectivity index (χ0) is 29.0. The Labute approximate surface area is 236 Å². The average Bonchev–Trinajstić information content (AvgIpc) is 3.36. The molecule has 2 aliphatic rings. The number of carbonyl (C=O) groups excluding carboxylic acids is 1. The molecular weight excluding hydrogens is 537 g/mol. The van der Waals surface area contributed by atoms with Crippen molar-refractivity contribution in [2.45, 2.75) is 50.9 Å². The number of fused-ring (bicyclic) bond motifs is 1. The zero-order valence-corrected chi connectivity index (χ0v) is 22.9. The number of ether oxygens (including phenoxy) is 2. The maximum atomic E-state index is 14.1. The molecule has 0 aliphatic carbocycles. The standard InChI is InChI=1S/C29H33F3N6O3/c1-37-10-4-21(5-11-37)34-26(39)18-38-12-6-22-27(35-25(17-33)36-28(22)38)20-2-3-24(23(16-20)29(30,31)32)41-15-9-19-7-13-40-14-8-19/h2-3,6,12,16,19,21H,4-5,7-11,13-15,18H2,1H3,(H,34,39). The lowest BCUT2D eigenvalue weighted by atomic mass is 9.97. The Morgan fingerprint density at radius 3 is 2.63 bits per heavy atom. The lowest BCUT2D eigenvalue weighted by Gasteiger charge is -2.29. The molecule has 5 rings (SSSR count). The van der Waals surface area contributed by atoms with Gasteiger partial charge in [-0.15, -0.1) is 0 Å². The van der Waals surface area contributed by atoms with Gasteiger partial charge >= 0.3 is 6.18 Å². The molecule has 218 valence electrons. The first-order valence-corrected chi connectivity index (χ1v) is 13.9. The van der Waals surface area contributed by atoms with E-state index in [1.54, 1.807) is 16.8 Å². The number of carbonyl (C=O) groups is 1. The number of piperidine rings is 1. The van der Waals surface area contributed by atoms with E-state index in [4.69, 9.17) is 9.47 Å². The number of hydrogen-bond acceptors (Lipinski definition) is 7. The van der Waals surface area contributed by atoms with Crippen molar-refractivity contribution in [1.29, 1.82) is 5.26 Å². The van der Waals surface area contributed by atoms with Crippen molar-refractivity contribution in [3.8, 4) is 23.1 Å². The van der Waals surface area contributed by atoms with Crippen molar-refractivity contribution in [1.82, 2.24) is 24.8 Å². The molecule has 2 aromatic heterocycles. The highest BCUT2D eigenvalue weighted by atomic mass is 19.4. The van der Waals surface area contributed by atoms with Crippen LogP contribution in [0.4, 0.5) is 13.2 Å². The Morgan fingerprint density at radius 1 is 1.17 bits per heavy atom. The van der Waals surface area contributed by atoms with Gasteiger partial charge in [-0.3, -0.25) is 4.79 Å². The monoisotopic (exact) mass is 570 g/mol. The highest BCUT2D eigenvalue weighted by molar-refractivity contribution is 5.92. The van der Waals surface area contributed by atoms with Crippen LogP contribution in [0, 0.1) is 17.2 Å². The summed E-state index contributed by atoms with van der Waals surface area (Å²) in [5, 5.41) is 13.1. The summed E-state index contributed by atoms with van der Waals surface area (Å²) >= 11 is 0. The molecule has 1 aromatic carbocycles. The van der Waals surface area contributed by atoms with E-state index in [0.717, 1.165) is 44.8 Å². The first-order valence-electron chi connectivity index (χ1n) is 13.9. The molecular formula is C29H33F3N6O3. The van der Waals surface area contributed by atoms with Gasteiger partial charge in [0.15, 0.2) is 0 Å². The summed E-state index contributed by atoms with van der Waals surface area (Å²) < 4.78 is 54.9. The zero-order valence-electron chi connectivity index (χ0n) is 22.9. The van der Waals surface area contributed by atoms with E-state index in [9.17, 15) is 23.2 Å². The van der Waals surface area contributed by atoms with Gasteiger partial charge in [-0.25, -0.2) is 9.97 Å². The minimum Gasteiger partial charge on any atom is -0.493 e. The molecule has 0 atom stereocenters. The molecule has 4 heterocycles. The second-order valence-corrected chi connectivity index (χ2v) is 10.7. The van der Waals surface area contributed by atoms with Crippen molar-refractivity contribution >= 4 is 16.9 Å². The molecule has 2 fully saturated rings. The van der Waals surface area contributed by atoms with Crippen LogP contribution in [0.15, 0.2) is 30.5 Å². The Kier molecular flexibility index (Phi) is 8.75. The molecule has 2 aliphatic heterocycles. The molecule has 1 amide bonds. The van der Waals surface area contributed by atoms with E-state index >= 15 is 0 Å². The van der Waals surface area contributed by atoms with Gasteiger partial charge in [0.25, 0.3) is 0 Å². The van der Waals surface area contributed by atoms with Crippen LogP contribution in [0.5, 0.6) is 5.75 Å². The molecule has 3 aromatic rings. The maximum Gasteiger partial charge on any atom is 0.419 e. The Balaban J connectivity index is 1.39. The van der Waals surface area contributed by atoms with Crippen LogP contribution in [-0.2, 0) is 22.3 Å². The maximum absolute atomic E-state index is 14.1. The first kappa shape index (κ1) is 28.8. The molecule has 0 saturated carbocycles. The van der Waals surface area contributed by atoms with Crippen molar-refractivity contribution in [2.75, 3.05) is 40.0 Å². The van der Waals surface area contributed by atoms with Gasteiger partial charge in [-0.2, -0.15) is 18.4 Å². The van der Waals surface area contributed by atoms with Crippen molar-refractivity contribution in [2.24, 2.45) is 5.92 Å². The molecule has 1 N–H and O–H groups in total. The predicted molar refractivity (Wildman–Crippen MR) is 145 cm³/mol. The fourth-order valence-electron chi connectivity index (χ4n) is 5.44. The first-order chi connectivity index (χ1) is 19.7. The highest BCUT2D eigenvalue weighted by Crippen LogP contribution is 2.40. The number of nitriles is 1. The number of aromatic nitrogens is 3. The molecule has 0 radical (unpaired) electrons. The molecule has 0 spiro atoms. The summed E-state index contributed by atoms with van der Waals surface area (Å²) in [6.45, 7) is 3.27. The third kappa shape index (κ3) is 6.97. The summed E-state index contributed by atoms with van der Waals surface area (Å²) in [7, 11) is 2.04. The lowest BCUT2D eigenvalue weighted by Crippen LogP contribution is -2.44. The Morgan fingerprint density at radius 2 is 1.93 bits per heavy atom. The minimum absolute atomic E-state index is 0.0368. The Bertz CT molecular complexity index is 1420. The van der Waals surface area contributed by atoms with E-state index in [-0.39, 0.29) is 47.9 Å². The predicted octanol–water partition coefficient (Wildman–Crippen LogP) is 4.39. The molecule has 12 heteroatoms. The van der Waals surface area contributed by atoms with Gasteiger partial charge in [0.1, 0.15) is 24.0 Å². The second-order valence-electron chi connectivity index (χ2n) is 10.7. The molecule has 2 saturated heterocycles. The second kappa shape index (κ2) is 12.4. The minimum atomic E-state index is -4.66. The van der Waals surface area contributed by atoms with Gasteiger partial charge in [0.2, 0.25) is 11.7 Å². The third-order valence-corrected chi connectivity index (χ3v) is 7.80. The van der Waals surface area contributed by atoms with Gasteiger partial charge in [0, 0.05) is 36.4 Å². The summed E-state index contributed by atoms with van der Waals surface area (Å²) in [6, 6.07) is 7.43. The fraction of sp³-hybridized carbons (Fsp3) is 0.517. The number of amides is 1. The van der Waals surface area contributed by atoms with Gasteiger partial charge in [0.05, 0.1) is 17.9 Å². The quantitative estimate of drug-likeness (QED) is 0.428. The average molecular weight is 571 g/mol. The number of nitrogens with one attached hydrogen (secondary N) is 1. The Hall–Kier alpha value is -3.69. The largest absolute Gasteiger partial charge is 0.493 e. The molecule has 0 unspecified atom stereocenters. The summed E-state index contributed by atoms with van der Waals surface area (Å²) in [5.74, 6) is -0.278. The number of benzene rings is 1. The summed E-state index contributed by atoms with van der Waals surface area (Å²) in [4.78, 5) is 23.5. The van der Waals surface area contributed by atoms with Crippen LogP contribution in [0.25, 0.3) is 22.3 Å². The lowest BCUT2D eigenvalue weighted by molar-refractivity contribution is -0.139. The van der Waals surface area contributed by atoms with Crippen LogP contribution in [0.1, 0.15) is 43.5 Å². The number of nitrogens with zero attached hydrogens (tertiary/aromatic N) is 5. The van der Waals surface area contributed by atoms with Crippen LogP contribution < -0.4 is 10.1 Å². The third-order valence-electron chi connectivity index (χ3n) is 7.80. The summed E-state index contributed by atoms with van der Waals surface area (Å²) in [5.41, 5.74) is -0.258. The van der Waals surface area contributed by atoms with Gasteiger partial charge in [-0.05, 0) is 82.4 Å². The van der Waals surface area contributed by atoms with E-state index in [2.05, 4.69) is 20.2 Å². The summed E-state index contributed by atoms with van der Waals surface area (Å²) in [6.07, 6.45) is 1.09. The van der Waals surface area contributed by atoms with E-state index in [1.807, 2.05) is 13.1 Å². The number of alkyl halides is 3. The van der Waals surface area contributed by atoms with Gasteiger partial charge < -0.3 is 24.3 Å². The van der Waals surface area contributed by atoms with Crippen LogP contribution in [0.3, 0.4) is 0 Å². The molecule has 9 nitrogen and oxygen atoms in total. The van der Waals surface area contributed by atoms with Crippen molar-refractivity contribution < 1.29 is 27.4 Å². The molecule has 0 bridgehead atoms. The van der Waals surface area contributed by atoms with E-state index in [1.165, 1.54) is 12.1 Å². The number of hydrogen-bond donors (Lipinski definition) is 1. The van der Waals surface area contributed by atoms with Crippen LogP contribution in [-0.4, -0.2) is 71.3 Å². The number of halogens is 3. The fourth-order valence-corrected chi connectivity index (χ4v) is 5.44. The van der Waals surface area contributed by atoms with Gasteiger partial charge in [-0.1, -0.05) is 0 Å². The smallest absolute Gasteiger partial charge is 0.419 e. The number of rotatable bonds is 8. The van der Waals surface area contributed by atoms with E-state index < -0.39 is 11.7 Å². The van der Waals surface area contributed by atoms with Crippen molar-refractivity contribution in [3.63, 3.8) is 0 Å². The van der Waals surface area contributed by atoms with Crippen LogP contribution in [0.2, 0.25) is 0 Å². The highest BCUT2D eigenvalue weighted by Gasteiger charge is 2.35. The number of likely N-dealkylation sites (tertiary alicyclic amines) is 1. The van der Waals surface area contributed by atoms with Crippen molar-refractivity contribution in [3.05, 3.63) is 41.9 Å². The SMILES string of the molecule is CN1CCC(NC(=O)Cn2ccc3c(-c4ccc(OCCC5CCOCC5)c(C(F)(F)F)c4)nc(C#N)nc32)CC1.